The fourth-order valence-corrected chi connectivity index (χ4v) is 5.17. The van der Waals surface area contributed by atoms with E-state index >= 15 is 0 Å². The predicted octanol–water partition coefficient (Wildman–Crippen LogP) is 4.71. The van der Waals surface area contributed by atoms with Gasteiger partial charge in [0.1, 0.15) is 17.6 Å². The first kappa shape index (κ1) is 28.5. The van der Waals surface area contributed by atoms with Crippen LogP contribution in [0.5, 0.6) is 5.75 Å². The number of ether oxygens (including phenoxy) is 2. The van der Waals surface area contributed by atoms with Gasteiger partial charge >= 0.3 is 0 Å². The highest BCUT2D eigenvalue weighted by atomic mass is 19.1. The Morgan fingerprint density at radius 1 is 1.05 bits per heavy atom. The zero-order chi connectivity index (χ0) is 24.4. The lowest BCUT2D eigenvalue weighted by Gasteiger charge is -2.31. The van der Waals surface area contributed by atoms with Gasteiger partial charge in [0.05, 0.1) is 42.4 Å². The third kappa shape index (κ3) is 6.09. The third-order valence-corrected chi connectivity index (χ3v) is 7.23. The summed E-state index contributed by atoms with van der Waals surface area (Å²) in [6.07, 6.45) is 7.67. The minimum absolute atomic E-state index is 0. The summed E-state index contributed by atoms with van der Waals surface area (Å²) >= 11 is 0. The molecule has 37 heavy (non-hydrogen) atoms. The largest absolute Gasteiger partial charge is 0.488 e. The van der Waals surface area contributed by atoms with Gasteiger partial charge in [-0.2, -0.15) is 0 Å². The first-order chi connectivity index (χ1) is 17.0. The van der Waals surface area contributed by atoms with Crippen molar-refractivity contribution in [1.29, 1.82) is 0 Å². The van der Waals surface area contributed by atoms with Crippen molar-refractivity contribution in [2.45, 2.75) is 66.4 Å². The molecule has 0 unspecified atom stereocenters. The molecule has 0 N–H and O–H groups in total. The summed E-state index contributed by atoms with van der Waals surface area (Å²) in [4.78, 5) is 27.3. The summed E-state index contributed by atoms with van der Waals surface area (Å²) in [6.45, 7) is 4.89. The second-order valence-corrected chi connectivity index (χ2v) is 9.47. The lowest BCUT2D eigenvalue weighted by atomic mass is 9.84. The Morgan fingerprint density at radius 3 is 2.46 bits per heavy atom. The van der Waals surface area contributed by atoms with E-state index in [1.807, 2.05) is 19.1 Å². The summed E-state index contributed by atoms with van der Waals surface area (Å²) in [5.74, 6) is 0.800. The van der Waals surface area contributed by atoms with Gasteiger partial charge in [0.25, 0.3) is 5.56 Å². The van der Waals surface area contributed by atoms with Crippen molar-refractivity contribution in [2.24, 2.45) is 13.0 Å². The van der Waals surface area contributed by atoms with Crippen LogP contribution in [0.15, 0.2) is 29.5 Å². The van der Waals surface area contributed by atoms with Crippen molar-refractivity contribution < 1.29 is 13.9 Å². The van der Waals surface area contributed by atoms with Gasteiger partial charge in [0, 0.05) is 31.9 Å². The van der Waals surface area contributed by atoms with Crippen molar-refractivity contribution in [3.8, 4) is 5.75 Å². The number of fused-ring (bicyclic) bond motifs is 1. The number of benzene rings is 1. The minimum Gasteiger partial charge on any atom is -0.488 e. The van der Waals surface area contributed by atoms with Crippen molar-refractivity contribution in [3.63, 3.8) is 0 Å². The molecule has 2 aliphatic rings. The van der Waals surface area contributed by atoms with E-state index in [1.54, 1.807) is 11.6 Å². The molecule has 202 valence electrons. The maximum Gasteiger partial charge on any atom is 0.269 e. The molecular weight excluding hydrogens is 473 g/mol. The molecule has 8 nitrogen and oxygen atoms in total. The molecule has 2 aromatic heterocycles. The van der Waals surface area contributed by atoms with E-state index in [2.05, 4.69) is 19.9 Å². The fourth-order valence-electron chi connectivity index (χ4n) is 5.17. The molecule has 9 heteroatoms. The van der Waals surface area contributed by atoms with E-state index in [-0.39, 0.29) is 32.3 Å². The van der Waals surface area contributed by atoms with Crippen LogP contribution in [0, 0.1) is 11.7 Å². The number of anilines is 1. The van der Waals surface area contributed by atoms with Crippen LogP contribution >= 0.6 is 0 Å². The highest BCUT2D eigenvalue weighted by Crippen LogP contribution is 2.35. The number of nitrogens with zero attached hydrogens (tertiary/aromatic N) is 5. The average Bonchev–Trinajstić information content (AvgIpc) is 2.89. The van der Waals surface area contributed by atoms with Crippen LogP contribution in [0.2, 0.25) is 0 Å². The van der Waals surface area contributed by atoms with E-state index in [1.165, 1.54) is 12.5 Å². The van der Waals surface area contributed by atoms with Crippen LogP contribution in [-0.2, 0) is 24.6 Å². The summed E-state index contributed by atoms with van der Waals surface area (Å²) in [5.41, 5.74) is 3.33. The monoisotopic (exact) mass is 513 g/mol. The Balaban J connectivity index is 0.00000190. The molecule has 1 aliphatic heterocycles. The molecule has 1 saturated heterocycles. The van der Waals surface area contributed by atoms with Crippen molar-refractivity contribution in [2.75, 3.05) is 31.2 Å². The maximum atomic E-state index is 14.6. The molecule has 3 aromatic rings. The van der Waals surface area contributed by atoms with E-state index in [0.717, 1.165) is 50.0 Å². The Kier molecular flexibility index (Phi) is 9.59. The van der Waals surface area contributed by atoms with Gasteiger partial charge < -0.3 is 18.9 Å². The number of hydrogen-bond donors (Lipinski definition) is 0. The van der Waals surface area contributed by atoms with Crippen LogP contribution < -0.4 is 15.2 Å². The van der Waals surface area contributed by atoms with Crippen LogP contribution in [0.4, 0.5) is 10.1 Å². The summed E-state index contributed by atoms with van der Waals surface area (Å²) in [6, 6.07) is 4.05. The smallest absolute Gasteiger partial charge is 0.269 e. The van der Waals surface area contributed by atoms with Crippen LogP contribution in [-0.4, -0.2) is 51.9 Å². The molecule has 0 bridgehead atoms. The van der Waals surface area contributed by atoms with Crippen molar-refractivity contribution >= 4 is 16.7 Å². The Morgan fingerprint density at radius 2 is 1.76 bits per heavy atom. The number of aryl methyl sites for hydroxylation is 2. The highest BCUT2D eigenvalue weighted by molar-refractivity contribution is 5.85. The number of rotatable bonds is 6. The number of halogens is 1. The van der Waals surface area contributed by atoms with Gasteiger partial charge in [-0.25, -0.2) is 19.3 Å². The van der Waals surface area contributed by atoms with E-state index in [0.29, 0.717) is 54.6 Å². The highest BCUT2D eigenvalue weighted by Gasteiger charge is 2.26. The minimum atomic E-state index is -0.256. The van der Waals surface area contributed by atoms with Crippen LogP contribution in [0.3, 0.4) is 0 Å². The first-order valence-electron chi connectivity index (χ1n) is 12.5. The Labute approximate surface area is 218 Å². The topological polar surface area (TPSA) is 82.4 Å². The SMILES string of the molecule is C.C.CCc1ncnc(CC2CCC(Oc3cc(N4CCOCC4)cc4ncc(=O)n(C)c34)CC2)c1F. The lowest BCUT2D eigenvalue weighted by molar-refractivity contribution is 0.122. The van der Waals surface area contributed by atoms with Gasteiger partial charge in [0.2, 0.25) is 0 Å². The predicted molar refractivity (Wildman–Crippen MR) is 145 cm³/mol. The van der Waals surface area contributed by atoms with Gasteiger partial charge in [0.15, 0.2) is 5.82 Å². The molecule has 1 aromatic carbocycles. The quantitative estimate of drug-likeness (QED) is 0.472. The third-order valence-electron chi connectivity index (χ3n) is 7.23. The maximum absolute atomic E-state index is 14.6. The molecule has 0 radical (unpaired) electrons. The summed E-state index contributed by atoms with van der Waals surface area (Å²) in [7, 11) is 1.76. The van der Waals surface area contributed by atoms with E-state index in [9.17, 15) is 9.18 Å². The summed E-state index contributed by atoms with van der Waals surface area (Å²) < 4.78 is 28.3. The van der Waals surface area contributed by atoms with Gasteiger partial charge in [-0.15, -0.1) is 0 Å². The van der Waals surface area contributed by atoms with Crippen molar-refractivity contribution in [3.05, 3.63) is 52.2 Å². The van der Waals surface area contributed by atoms with Crippen LogP contribution in [0.25, 0.3) is 11.0 Å². The van der Waals surface area contributed by atoms with Gasteiger partial charge in [-0.05, 0) is 50.5 Å². The number of aromatic nitrogens is 4. The fraction of sp³-hybridized carbons (Fsp3) is 0.571. The molecule has 0 atom stereocenters. The first-order valence-corrected chi connectivity index (χ1v) is 12.5. The standard InChI is InChI=1S/C26H32FN5O3.2CH4/c1-3-20-25(27)21(30-16-29-20)12-17-4-6-19(7-5-17)35-23-14-18(32-8-10-34-11-9-32)13-22-26(23)31(2)24(33)15-28-22;;/h13-17,19H,3-12H2,1-2H3;2*1H4. The van der Waals surface area contributed by atoms with Crippen LogP contribution in [0.1, 0.15) is 58.8 Å². The zero-order valence-corrected chi connectivity index (χ0v) is 20.4. The normalized spacial score (nSPS) is 19.7. The molecule has 2 fully saturated rings. The lowest BCUT2D eigenvalue weighted by Crippen LogP contribution is -2.36. The molecule has 3 heterocycles. The molecular formula is C28H40FN5O3. The van der Waals surface area contributed by atoms with Gasteiger partial charge in [-0.3, -0.25) is 4.79 Å². The number of hydrogen-bond acceptors (Lipinski definition) is 7. The average molecular weight is 514 g/mol. The van der Waals surface area contributed by atoms with E-state index in [4.69, 9.17) is 9.47 Å². The van der Waals surface area contributed by atoms with E-state index < -0.39 is 0 Å². The zero-order valence-electron chi connectivity index (χ0n) is 20.4. The summed E-state index contributed by atoms with van der Waals surface area (Å²) in [5, 5.41) is 0. The second-order valence-electron chi connectivity index (χ2n) is 9.47. The van der Waals surface area contributed by atoms with Gasteiger partial charge in [-0.1, -0.05) is 21.8 Å². The second kappa shape index (κ2) is 12.4. The molecule has 5 rings (SSSR count). The molecule has 1 saturated carbocycles. The Hall–Kier alpha value is -3.07. The Bertz CT molecular complexity index is 1250. The molecule has 0 spiro atoms. The molecule has 0 amide bonds. The molecule has 1 aliphatic carbocycles. The number of morpholine rings is 1. The van der Waals surface area contributed by atoms with Crippen molar-refractivity contribution in [1.82, 2.24) is 19.5 Å².